The Hall–Kier alpha value is -3.18. The third-order valence-corrected chi connectivity index (χ3v) is 6.59. The Balaban J connectivity index is 1.16. The quantitative estimate of drug-likeness (QED) is 0.432. The van der Waals surface area contributed by atoms with Gasteiger partial charge in [-0.15, -0.1) is 0 Å². The number of hydrogen-bond acceptors (Lipinski definition) is 2. The summed E-state index contributed by atoms with van der Waals surface area (Å²) in [6, 6.07) is 25.0. The van der Waals surface area contributed by atoms with E-state index in [4.69, 9.17) is 0 Å². The normalized spacial score (nSPS) is 14.6. The Kier molecular flexibility index (Phi) is 8.69. The van der Waals surface area contributed by atoms with Gasteiger partial charge in [0.25, 0.3) is 0 Å². The smallest absolute Gasteiger partial charge is 0.319 e. The van der Waals surface area contributed by atoms with E-state index in [9.17, 15) is 9.18 Å². The maximum atomic E-state index is 13.0. The first kappa shape index (κ1) is 24.0. The van der Waals surface area contributed by atoms with Crippen molar-refractivity contribution in [3.63, 3.8) is 0 Å². The maximum absolute atomic E-state index is 13.0. The second-order valence-electron chi connectivity index (χ2n) is 9.18. The van der Waals surface area contributed by atoms with Crippen molar-refractivity contribution in [2.75, 3.05) is 31.5 Å². The molecule has 0 unspecified atom stereocenters. The van der Waals surface area contributed by atoms with Crippen molar-refractivity contribution < 1.29 is 9.18 Å². The van der Waals surface area contributed by atoms with Gasteiger partial charge in [-0.25, -0.2) is 9.18 Å². The molecular formula is C29H34FN3O. The van der Waals surface area contributed by atoms with Crippen LogP contribution >= 0.6 is 0 Å². The summed E-state index contributed by atoms with van der Waals surface area (Å²) >= 11 is 0. The van der Waals surface area contributed by atoms with Crippen LogP contribution in [0.2, 0.25) is 0 Å². The van der Waals surface area contributed by atoms with Gasteiger partial charge in [0.2, 0.25) is 0 Å². The minimum absolute atomic E-state index is 0.222. The van der Waals surface area contributed by atoms with Crippen molar-refractivity contribution in [3.8, 4) is 0 Å². The van der Waals surface area contributed by atoms with Gasteiger partial charge in [0.05, 0.1) is 0 Å². The SMILES string of the molecule is O=C(NCCc1ccc(F)cc1)Nc1cccc(CCN2CCC(Cc3ccccc3)CC2)c1. The van der Waals surface area contributed by atoms with E-state index in [2.05, 4.69) is 58.0 Å². The molecule has 1 fully saturated rings. The van der Waals surface area contributed by atoms with Gasteiger partial charge in [0.1, 0.15) is 5.82 Å². The zero-order valence-corrected chi connectivity index (χ0v) is 19.7. The van der Waals surface area contributed by atoms with Crippen LogP contribution in [0.4, 0.5) is 14.9 Å². The molecule has 0 bridgehead atoms. The summed E-state index contributed by atoms with van der Waals surface area (Å²) in [6.45, 7) is 3.86. The van der Waals surface area contributed by atoms with Crippen LogP contribution < -0.4 is 10.6 Å². The monoisotopic (exact) mass is 459 g/mol. The second-order valence-corrected chi connectivity index (χ2v) is 9.18. The average molecular weight is 460 g/mol. The number of anilines is 1. The molecule has 5 heteroatoms. The molecule has 0 radical (unpaired) electrons. The van der Waals surface area contributed by atoms with Crippen molar-refractivity contribution in [3.05, 3.63) is 101 Å². The minimum Gasteiger partial charge on any atom is -0.338 e. The molecule has 1 saturated heterocycles. The lowest BCUT2D eigenvalue weighted by atomic mass is 9.90. The highest BCUT2D eigenvalue weighted by molar-refractivity contribution is 5.89. The lowest BCUT2D eigenvalue weighted by molar-refractivity contribution is 0.186. The van der Waals surface area contributed by atoms with E-state index in [1.807, 2.05) is 12.1 Å². The summed E-state index contributed by atoms with van der Waals surface area (Å²) in [4.78, 5) is 14.8. The Morgan fingerprint density at radius 2 is 1.59 bits per heavy atom. The number of rotatable bonds is 9. The first-order valence-electron chi connectivity index (χ1n) is 12.3. The van der Waals surface area contributed by atoms with Crippen LogP contribution in [0.25, 0.3) is 0 Å². The molecule has 0 spiro atoms. The maximum Gasteiger partial charge on any atom is 0.319 e. The molecule has 0 aromatic heterocycles. The summed E-state index contributed by atoms with van der Waals surface area (Å²) in [5, 5.41) is 5.79. The molecule has 0 aliphatic carbocycles. The number of benzene rings is 3. The van der Waals surface area contributed by atoms with Crippen LogP contribution in [0.3, 0.4) is 0 Å². The fraction of sp³-hybridized carbons (Fsp3) is 0.345. The molecule has 34 heavy (non-hydrogen) atoms. The molecule has 0 saturated carbocycles. The Morgan fingerprint density at radius 3 is 2.35 bits per heavy atom. The number of hydrogen-bond donors (Lipinski definition) is 2. The standard InChI is InChI=1S/C29H34FN3O/c30-27-11-9-23(10-12-27)13-17-31-29(34)32-28-8-4-7-25(22-28)14-18-33-19-15-26(16-20-33)21-24-5-2-1-3-6-24/h1-12,22,26H,13-21H2,(H2,31,32,34). The lowest BCUT2D eigenvalue weighted by Crippen LogP contribution is -2.35. The fourth-order valence-corrected chi connectivity index (χ4v) is 4.60. The first-order valence-corrected chi connectivity index (χ1v) is 12.3. The van der Waals surface area contributed by atoms with E-state index < -0.39 is 0 Å². The molecule has 1 heterocycles. The third-order valence-electron chi connectivity index (χ3n) is 6.59. The molecule has 4 rings (SSSR count). The summed E-state index contributed by atoms with van der Waals surface area (Å²) in [7, 11) is 0. The number of carbonyl (C=O) groups is 1. The average Bonchev–Trinajstić information content (AvgIpc) is 2.86. The molecule has 0 atom stereocenters. The number of amides is 2. The summed E-state index contributed by atoms with van der Waals surface area (Å²) < 4.78 is 13.0. The van der Waals surface area contributed by atoms with E-state index >= 15 is 0 Å². The van der Waals surface area contributed by atoms with E-state index in [1.165, 1.54) is 42.5 Å². The second kappa shape index (κ2) is 12.3. The minimum atomic E-state index is -0.248. The van der Waals surface area contributed by atoms with E-state index in [-0.39, 0.29) is 11.8 Å². The number of urea groups is 1. The van der Waals surface area contributed by atoms with Gasteiger partial charge >= 0.3 is 6.03 Å². The number of piperidine rings is 1. The van der Waals surface area contributed by atoms with Crippen LogP contribution in [0.15, 0.2) is 78.9 Å². The highest BCUT2D eigenvalue weighted by atomic mass is 19.1. The van der Waals surface area contributed by atoms with Crippen molar-refractivity contribution in [1.29, 1.82) is 0 Å². The zero-order valence-electron chi connectivity index (χ0n) is 19.7. The van der Waals surface area contributed by atoms with E-state index in [0.717, 1.165) is 43.2 Å². The van der Waals surface area contributed by atoms with Crippen LogP contribution in [0.1, 0.15) is 29.5 Å². The van der Waals surface area contributed by atoms with Crippen molar-refractivity contribution in [2.45, 2.75) is 32.1 Å². The first-order chi connectivity index (χ1) is 16.6. The fourth-order valence-electron chi connectivity index (χ4n) is 4.60. The number of halogens is 1. The summed E-state index contributed by atoms with van der Waals surface area (Å²) in [5.41, 5.74) is 4.48. The molecule has 4 nitrogen and oxygen atoms in total. The van der Waals surface area contributed by atoms with Crippen LogP contribution in [-0.2, 0) is 19.3 Å². The van der Waals surface area contributed by atoms with Gasteiger partial charge in [0, 0.05) is 18.8 Å². The number of nitrogens with zero attached hydrogens (tertiary/aromatic N) is 1. The highest BCUT2D eigenvalue weighted by Gasteiger charge is 2.19. The predicted octanol–water partition coefficient (Wildman–Crippen LogP) is 5.69. The van der Waals surface area contributed by atoms with Crippen LogP contribution in [0.5, 0.6) is 0 Å². The molecule has 178 valence electrons. The molecule has 1 aliphatic heterocycles. The summed E-state index contributed by atoms with van der Waals surface area (Å²) in [5.74, 6) is 0.537. The summed E-state index contributed by atoms with van der Waals surface area (Å²) in [6.07, 6.45) is 5.35. The Bertz CT molecular complexity index is 1030. The number of nitrogens with one attached hydrogen (secondary N) is 2. The Labute approximate surface area is 202 Å². The van der Waals surface area contributed by atoms with Crippen molar-refractivity contribution in [1.82, 2.24) is 10.2 Å². The molecule has 1 aliphatic rings. The van der Waals surface area contributed by atoms with Crippen LogP contribution in [-0.4, -0.2) is 37.1 Å². The van der Waals surface area contributed by atoms with Crippen molar-refractivity contribution >= 4 is 11.7 Å². The van der Waals surface area contributed by atoms with E-state index in [1.54, 1.807) is 12.1 Å². The van der Waals surface area contributed by atoms with Gasteiger partial charge in [-0.1, -0.05) is 54.6 Å². The van der Waals surface area contributed by atoms with Gasteiger partial charge in [-0.05, 0) is 92.1 Å². The van der Waals surface area contributed by atoms with E-state index in [0.29, 0.717) is 13.0 Å². The molecule has 2 N–H and O–H groups in total. The lowest BCUT2D eigenvalue weighted by Gasteiger charge is -2.32. The van der Waals surface area contributed by atoms with Crippen LogP contribution in [0, 0.1) is 11.7 Å². The molecular weight excluding hydrogens is 425 g/mol. The molecule has 3 aromatic rings. The van der Waals surface area contributed by atoms with Gasteiger partial charge in [0.15, 0.2) is 0 Å². The van der Waals surface area contributed by atoms with Gasteiger partial charge < -0.3 is 15.5 Å². The highest BCUT2D eigenvalue weighted by Crippen LogP contribution is 2.22. The largest absolute Gasteiger partial charge is 0.338 e. The molecule has 3 aromatic carbocycles. The predicted molar refractivity (Wildman–Crippen MR) is 137 cm³/mol. The number of carbonyl (C=O) groups excluding carboxylic acids is 1. The van der Waals surface area contributed by atoms with Gasteiger partial charge in [-0.3, -0.25) is 0 Å². The molecule has 2 amide bonds. The zero-order chi connectivity index (χ0) is 23.6. The number of likely N-dealkylation sites (tertiary alicyclic amines) is 1. The Morgan fingerprint density at radius 1 is 0.853 bits per heavy atom. The third kappa shape index (κ3) is 7.70. The van der Waals surface area contributed by atoms with Gasteiger partial charge in [-0.2, -0.15) is 0 Å². The van der Waals surface area contributed by atoms with Crippen molar-refractivity contribution in [2.24, 2.45) is 5.92 Å². The topological polar surface area (TPSA) is 44.4 Å².